The van der Waals surface area contributed by atoms with Gasteiger partial charge in [-0.1, -0.05) is 31.4 Å². The SMILES string of the molecule is COc1ccc(CNC(=O)[C@H](CS(=O)(=O)CC2CCCCC2)NC(=O)C2NCCS2)cc1.Cl. The van der Waals surface area contributed by atoms with Crippen molar-refractivity contribution in [3.8, 4) is 5.75 Å². The Hall–Kier alpha value is -1.49. The van der Waals surface area contributed by atoms with Crippen LogP contribution in [-0.4, -0.2) is 62.6 Å². The third-order valence-corrected chi connectivity index (χ3v) is 8.82. The number of hydrogen-bond acceptors (Lipinski definition) is 7. The molecule has 1 aliphatic heterocycles. The number of sulfone groups is 1. The highest BCUT2D eigenvalue weighted by molar-refractivity contribution is 8.00. The first-order chi connectivity index (χ1) is 15.4. The molecule has 33 heavy (non-hydrogen) atoms. The zero-order valence-electron chi connectivity index (χ0n) is 18.9. The number of halogens is 1. The van der Waals surface area contributed by atoms with Crippen molar-refractivity contribution in [3.05, 3.63) is 29.8 Å². The number of carbonyl (C=O) groups is 2. The highest BCUT2D eigenvalue weighted by atomic mass is 35.5. The van der Waals surface area contributed by atoms with E-state index in [1.165, 1.54) is 11.8 Å². The van der Waals surface area contributed by atoms with E-state index in [1.807, 2.05) is 12.1 Å². The average molecular weight is 520 g/mol. The average Bonchev–Trinajstić information content (AvgIpc) is 3.33. The van der Waals surface area contributed by atoms with E-state index < -0.39 is 27.2 Å². The van der Waals surface area contributed by atoms with Crippen LogP contribution in [0.15, 0.2) is 24.3 Å². The Morgan fingerprint density at radius 3 is 2.48 bits per heavy atom. The van der Waals surface area contributed by atoms with Crippen LogP contribution in [0.1, 0.15) is 37.7 Å². The summed E-state index contributed by atoms with van der Waals surface area (Å²) in [4.78, 5) is 25.5. The van der Waals surface area contributed by atoms with Gasteiger partial charge in [0.15, 0.2) is 9.84 Å². The van der Waals surface area contributed by atoms with Crippen LogP contribution in [0.5, 0.6) is 5.75 Å². The molecule has 3 N–H and O–H groups in total. The molecule has 2 amide bonds. The number of thioether (sulfide) groups is 1. The van der Waals surface area contributed by atoms with Crippen LogP contribution in [0, 0.1) is 5.92 Å². The molecule has 1 heterocycles. The number of ether oxygens (including phenoxy) is 1. The molecule has 1 saturated carbocycles. The quantitative estimate of drug-likeness (QED) is 0.432. The molecule has 3 rings (SSSR count). The first-order valence-corrected chi connectivity index (χ1v) is 14.0. The Bertz CT molecular complexity index is 871. The number of nitrogens with one attached hydrogen (secondary N) is 3. The summed E-state index contributed by atoms with van der Waals surface area (Å²) in [6.07, 6.45) is 5.06. The normalized spacial score (nSPS) is 19.8. The zero-order valence-corrected chi connectivity index (χ0v) is 21.3. The zero-order chi connectivity index (χ0) is 23.0. The van der Waals surface area contributed by atoms with E-state index in [2.05, 4.69) is 16.0 Å². The predicted molar refractivity (Wildman–Crippen MR) is 133 cm³/mol. The summed E-state index contributed by atoms with van der Waals surface area (Å²) < 4.78 is 30.9. The van der Waals surface area contributed by atoms with Crippen molar-refractivity contribution in [1.29, 1.82) is 0 Å². The van der Waals surface area contributed by atoms with E-state index in [9.17, 15) is 18.0 Å². The molecule has 1 aliphatic carbocycles. The number of rotatable bonds is 10. The van der Waals surface area contributed by atoms with Crippen molar-refractivity contribution < 1.29 is 22.7 Å². The molecular formula is C22H34ClN3O5S2. The third-order valence-electron chi connectivity index (χ3n) is 5.85. The lowest BCUT2D eigenvalue weighted by atomic mass is 9.91. The van der Waals surface area contributed by atoms with Crippen molar-refractivity contribution in [3.63, 3.8) is 0 Å². The highest BCUT2D eigenvalue weighted by Gasteiger charge is 2.32. The highest BCUT2D eigenvalue weighted by Crippen LogP contribution is 2.25. The van der Waals surface area contributed by atoms with Crippen LogP contribution in [0.4, 0.5) is 0 Å². The molecule has 1 aromatic carbocycles. The second-order valence-electron chi connectivity index (χ2n) is 8.41. The summed E-state index contributed by atoms with van der Waals surface area (Å²) in [6.45, 7) is 0.936. The molecule has 1 unspecified atom stereocenters. The van der Waals surface area contributed by atoms with Crippen LogP contribution in [0.3, 0.4) is 0 Å². The predicted octanol–water partition coefficient (Wildman–Crippen LogP) is 1.88. The van der Waals surface area contributed by atoms with E-state index >= 15 is 0 Å². The van der Waals surface area contributed by atoms with Gasteiger partial charge >= 0.3 is 0 Å². The summed E-state index contributed by atoms with van der Waals surface area (Å²) in [6, 6.07) is 6.10. The minimum absolute atomic E-state index is 0. The van der Waals surface area contributed by atoms with Gasteiger partial charge in [-0.25, -0.2) is 8.42 Å². The maximum Gasteiger partial charge on any atom is 0.248 e. The molecule has 2 aliphatic rings. The van der Waals surface area contributed by atoms with E-state index in [4.69, 9.17) is 4.74 Å². The fourth-order valence-electron chi connectivity index (χ4n) is 4.12. The second kappa shape index (κ2) is 13.4. The minimum Gasteiger partial charge on any atom is -0.497 e. The van der Waals surface area contributed by atoms with Crippen molar-refractivity contribution in [2.45, 2.75) is 50.1 Å². The summed E-state index contributed by atoms with van der Waals surface area (Å²) in [5.41, 5.74) is 0.849. The number of amides is 2. The lowest BCUT2D eigenvalue weighted by molar-refractivity contribution is -0.128. The van der Waals surface area contributed by atoms with Gasteiger partial charge in [-0.3, -0.25) is 14.9 Å². The Morgan fingerprint density at radius 1 is 1.18 bits per heavy atom. The number of hydrogen-bond donors (Lipinski definition) is 3. The van der Waals surface area contributed by atoms with E-state index in [0.717, 1.165) is 43.4 Å². The summed E-state index contributed by atoms with van der Waals surface area (Å²) in [7, 11) is -1.93. The minimum atomic E-state index is -3.51. The molecular weight excluding hydrogens is 486 g/mol. The summed E-state index contributed by atoms with van der Waals surface area (Å²) in [5.74, 6) is 0.476. The molecule has 11 heteroatoms. The van der Waals surface area contributed by atoms with Crippen molar-refractivity contribution >= 4 is 45.8 Å². The molecule has 1 saturated heterocycles. The smallest absolute Gasteiger partial charge is 0.248 e. The van der Waals surface area contributed by atoms with Gasteiger partial charge in [-0.05, 0) is 36.5 Å². The van der Waals surface area contributed by atoms with Gasteiger partial charge in [-0.2, -0.15) is 0 Å². The Kier molecular flexibility index (Phi) is 11.3. The molecule has 1 aromatic rings. The Morgan fingerprint density at radius 2 is 1.88 bits per heavy atom. The third kappa shape index (κ3) is 8.99. The standard InChI is InChI=1S/C22H33N3O5S2.ClH/c1-30-18-9-7-16(8-10-18)13-24-20(26)19(25-21(27)22-23-11-12-31-22)15-32(28,29)14-17-5-3-2-4-6-17;/h7-10,17,19,22-23H,2-6,11-15H2,1H3,(H,24,26)(H,25,27);1H/t19-,22?;/m0./s1. The summed E-state index contributed by atoms with van der Waals surface area (Å²) in [5, 5.41) is 8.04. The van der Waals surface area contributed by atoms with Crippen LogP contribution < -0.4 is 20.7 Å². The van der Waals surface area contributed by atoms with E-state index in [1.54, 1.807) is 19.2 Å². The maximum atomic E-state index is 12.9. The fraction of sp³-hybridized carbons (Fsp3) is 0.636. The van der Waals surface area contributed by atoms with E-state index in [-0.39, 0.29) is 42.3 Å². The number of benzene rings is 1. The fourth-order valence-corrected chi connectivity index (χ4v) is 6.97. The molecule has 0 radical (unpaired) electrons. The lowest BCUT2D eigenvalue weighted by Crippen LogP contribution is -2.53. The molecule has 2 fully saturated rings. The topological polar surface area (TPSA) is 114 Å². The van der Waals surface area contributed by atoms with Gasteiger partial charge in [0.05, 0.1) is 18.6 Å². The van der Waals surface area contributed by atoms with Gasteiger partial charge in [-0.15, -0.1) is 24.2 Å². The van der Waals surface area contributed by atoms with Gasteiger partial charge in [0.1, 0.15) is 17.2 Å². The summed E-state index contributed by atoms with van der Waals surface area (Å²) >= 11 is 1.45. The van der Waals surface area contributed by atoms with Crippen molar-refractivity contribution in [1.82, 2.24) is 16.0 Å². The van der Waals surface area contributed by atoms with Crippen LogP contribution >= 0.6 is 24.2 Å². The second-order valence-corrected chi connectivity index (χ2v) is 11.8. The van der Waals surface area contributed by atoms with Gasteiger partial charge in [0.25, 0.3) is 0 Å². The van der Waals surface area contributed by atoms with Gasteiger partial charge < -0.3 is 15.4 Å². The van der Waals surface area contributed by atoms with Crippen LogP contribution in [0.25, 0.3) is 0 Å². The number of methoxy groups -OCH3 is 1. The Labute approximate surface area is 206 Å². The largest absolute Gasteiger partial charge is 0.497 e. The first-order valence-electron chi connectivity index (χ1n) is 11.1. The molecule has 186 valence electrons. The molecule has 0 spiro atoms. The lowest BCUT2D eigenvalue weighted by Gasteiger charge is -2.24. The van der Waals surface area contributed by atoms with Crippen LogP contribution in [0.2, 0.25) is 0 Å². The monoisotopic (exact) mass is 519 g/mol. The van der Waals surface area contributed by atoms with Gasteiger partial charge in [0.2, 0.25) is 11.8 Å². The molecule has 0 aromatic heterocycles. The Balaban J connectivity index is 0.00000385. The molecule has 0 bridgehead atoms. The molecule has 8 nitrogen and oxygen atoms in total. The van der Waals surface area contributed by atoms with E-state index in [0.29, 0.717) is 12.3 Å². The van der Waals surface area contributed by atoms with Crippen LogP contribution in [-0.2, 0) is 26.0 Å². The van der Waals surface area contributed by atoms with Gasteiger partial charge in [0, 0.05) is 18.8 Å². The number of carbonyl (C=O) groups excluding carboxylic acids is 2. The molecule has 2 atom stereocenters. The maximum absolute atomic E-state index is 12.9. The first kappa shape index (κ1) is 27.8. The van der Waals surface area contributed by atoms with Crippen molar-refractivity contribution in [2.24, 2.45) is 5.92 Å². The van der Waals surface area contributed by atoms with Crippen molar-refractivity contribution in [2.75, 3.05) is 30.9 Å².